The van der Waals surface area contributed by atoms with Crippen LogP contribution in [0.1, 0.15) is 27.0 Å². The lowest BCUT2D eigenvalue weighted by atomic mass is 9.95. The number of carbonyl (C=O) groups excluding carboxylic acids is 2. The molecule has 2 aromatic carbocycles. The zero-order valence-corrected chi connectivity index (χ0v) is 13.8. The number of carbonyl (C=O) groups is 2. The van der Waals surface area contributed by atoms with Gasteiger partial charge in [-0.15, -0.1) is 0 Å². The first-order valence-corrected chi connectivity index (χ1v) is 8.03. The Morgan fingerprint density at radius 3 is 2.58 bits per heavy atom. The van der Waals surface area contributed by atoms with Gasteiger partial charge in [0.1, 0.15) is 0 Å². The lowest BCUT2D eigenvalue weighted by Crippen LogP contribution is -2.44. The lowest BCUT2D eigenvalue weighted by molar-refractivity contribution is -0.118. The van der Waals surface area contributed by atoms with Crippen LogP contribution in [-0.2, 0) is 17.8 Å². The first-order valence-electron chi connectivity index (χ1n) is 8.03. The van der Waals surface area contributed by atoms with Crippen molar-refractivity contribution >= 4 is 17.5 Å². The second-order valence-electron chi connectivity index (χ2n) is 5.95. The molecule has 3 rings (SSSR count). The van der Waals surface area contributed by atoms with Crippen LogP contribution in [0.4, 0.5) is 5.69 Å². The van der Waals surface area contributed by atoms with Gasteiger partial charge in [-0.05, 0) is 42.2 Å². The maximum absolute atomic E-state index is 12.6. The molecule has 2 amide bonds. The van der Waals surface area contributed by atoms with Crippen molar-refractivity contribution in [2.24, 2.45) is 0 Å². The summed E-state index contributed by atoms with van der Waals surface area (Å²) in [5.41, 5.74) is 4.44. The molecule has 0 fully saturated rings. The van der Waals surface area contributed by atoms with Crippen molar-refractivity contribution < 1.29 is 9.59 Å². The van der Waals surface area contributed by atoms with Gasteiger partial charge in [-0.3, -0.25) is 9.59 Å². The summed E-state index contributed by atoms with van der Waals surface area (Å²) in [4.78, 5) is 24.5. The number of nitrogens with one attached hydrogen (secondary N) is 3. The maximum atomic E-state index is 12.6. The second kappa shape index (κ2) is 6.84. The molecule has 1 heterocycles. The highest BCUT2D eigenvalue weighted by Gasteiger charge is 2.24. The largest absolute Gasteiger partial charge is 0.355 e. The quantitative estimate of drug-likeness (QED) is 0.809. The molecule has 0 saturated carbocycles. The van der Waals surface area contributed by atoms with Crippen LogP contribution in [0.5, 0.6) is 0 Å². The van der Waals surface area contributed by atoms with Gasteiger partial charge >= 0.3 is 0 Å². The molecule has 0 bridgehead atoms. The molecule has 0 spiro atoms. The van der Waals surface area contributed by atoms with E-state index in [4.69, 9.17) is 0 Å². The molecule has 0 radical (unpaired) electrons. The van der Waals surface area contributed by atoms with E-state index in [9.17, 15) is 9.59 Å². The van der Waals surface area contributed by atoms with E-state index in [2.05, 4.69) is 28.1 Å². The van der Waals surface area contributed by atoms with Crippen molar-refractivity contribution in [1.82, 2.24) is 10.6 Å². The molecule has 24 heavy (non-hydrogen) atoms. The fourth-order valence-electron chi connectivity index (χ4n) is 3.01. The molecule has 1 aliphatic heterocycles. The normalized spacial score (nSPS) is 16.2. The van der Waals surface area contributed by atoms with E-state index in [1.54, 1.807) is 19.2 Å². The maximum Gasteiger partial charge on any atom is 0.251 e. The zero-order chi connectivity index (χ0) is 17.1. The summed E-state index contributed by atoms with van der Waals surface area (Å²) in [5, 5.41) is 8.83. The average Bonchev–Trinajstić information content (AvgIpc) is 2.62. The lowest BCUT2D eigenvalue weighted by Gasteiger charge is -2.25. The Hall–Kier alpha value is -2.66. The van der Waals surface area contributed by atoms with Crippen molar-refractivity contribution in [3.05, 3.63) is 64.7 Å². The summed E-state index contributed by atoms with van der Waals surface area (Å²) < 4.78 is 0. The Morgan fingerprint density at radius 2 is 1.83 bits per heavy atom. The minimum absolute atomic E-state index is 0.0818. The van der Waals surface area contributed by atoms with E-state index < -0.39 is 0 Å². The minimum Gasteiger partial charge on any atom is -0.355 e. The van der Waals surface area contributed by atoms with E-state index >= 15 is 0 Å². The third-order valence-electron chi connectivity index (χ3n) is 4.46. The summed E-state index contributed by atoms with van der Waals surface area (Å²) in [5.74, 6) is -0.241. The SMILES string of the molecule is CNC(=O)c1cccc(NC(=O)C2Cc3ccccc3CN2)c1C. The van der Waals surface area contributed by atoms with Crippen LogP contribution in [0.25, 0.3) is 0 Å². The van der Waals surface area contributed by atoms with E-state index in [0.717, 1.165) is 5.56 Å². The molecule has 1 unspecified atom stereocenters. The summed E-state index contributed by atoms with van der Waals surface area (Å²) in [6, 6.07) is 13.2. The van der Waals surface area contributed by atoms with Crippen molar-refractivity contribution in [2.75, 3.05) is 12.4 Å². The Kier molecular flexibility index (Phi) is 4.62. The van der Waals surface area contributed by atoms with Crippen LogP contribution in [0.3, 0.4) is 0 Å². The van der Waals surface area contributed by atoms with Crippen LogP contribution < -0.4 is 16.0 Å². The molecule has 2 aromatic rings. The van der Waals surface area contributed by atoms with Gasteiger partial charge in [-0.25, -0.2) is 0 Å². The molecular weight excluding hydrogens is 302 g/mol. The highest BCUT2D eigenvalue weighted by atomic mass is 16.2. The van der Waals surface area contributed by atoms with Crippen LogP contribution >= 0.6 is 0 Å². The monoisotopic (exact) mass is 323 g/mol. The van der Waals surface area contributed by atoms with Crippen molar-refractivity contribution in [1.29, 1.82) is 0 Å². The van der Waals surface area contributed by atoms with E-state index in [1.165, 1.54) is 11.1 Å². The van der Waals surface area contributed by atoms with Gasteiger partial charge in [0.25, 0.3) is 5.91 Å². The standard InChI is InChI=1S/C19H21N3O2/c1-12-15(18(23)20-2)8-5-9-16(12)22-19(24)17-10-13-6-3-4-7-14(13)11-21-17/h3-9,17,21H,10-11H2,1-2H3,(H,20,23)(H,22,24). The van der Waals surface area contributed by atoms with Crippen LogP contribution in [0, 0.1) is 6.92 Å². The van der Waals surface area contributed by atoms with Crippen molar-refractivity contribution in [2.45, 2.75) is 25.9 Å². The number of amides is 2. The predicted octanol–water partition coefficient (Wildman–Crippen LogP) is 2.01. The second-order valence-corrected chi connectivity index (χ2v) is 5.95. The molecule has 3 N–H and O–H groups in total. The molecular formula is C19H21N3O2. The number of hydrogen-bond acceptors (Lipinski definition) is 3. The number of benzene rings is 2. The van der Waals surface area contributed by atoms with Crippen molar-refractivity contribution in [3.8, 4) is 0 Å². The van der Waals surface area contributed by atoms with Gasteiger partial charge in [0.15, 0.2) is 0 Å². The molecule has 5 nitrogen and oxygen atoms in total. The number of rotatable bonds is 3. The third kappa shape index (κ3) is 3.16. The van der Waals surface area contributed by atoms with Crippen LogP contribution in [-0.4, -0.2) is 24.9 Å². The van der Waals surface area contributed by atoms with E-state index in [-0.39, 0.29) is 17.9 Å². The molecule has 0 saturated heterocycles. The highest BCUT2D eigenvalue weighted by Crippen LogP contribution is 2.21. The number of fused-ring (bicyclic) bond motifs is 1. The summed E-state index contributed by atoms with van der Waals surface area (Å²) in [7, 11) is 1.59. The van der Waals surface area contributed by atoms with E-state index in [1.807, 2.05) is 25.1 Å². The Labute approximate surface area is 141 Å². The zero-order valence-electron chi connectivity index (χ0n) is 13.8. The number of anilines is 1. The Bertz CT molecular complexity index is 786. The molecule has 124 valence electrons. The van der Waals surface area contributed by atoms with Gasteiger partial charge < -0.3 is 16.0 Å². The molecule has 0 aliphatic carbocycles. The Morgan fingerprint density at radius 1 is 1.08 bits per heavy atom. The molecule has 0 aromatic heterocycles. The minimum atomic E-state index is -0.275. The topological polar surface area (TPSA) is 70.2 Å². The predicted molar refractivity (Wildman–Crippen MR) is 94.0 cm³/mol. The summed E-state index contributed by atoms with van der Waals surface area (Å²) >= 11 is 0. The van der Waals surface area contributed by atoms with E-state index in [0.29, 0.717) is 24.2 Å². The average molecular weight is 323 g/mol. The Balaban J connectivity index is 1.75. The number of hydrogen-bond donors (Lipinski definition) is 3. The van der Waals surface area contributed by atoms with Gasteiger partial charge in [0.2, 0.25) is 5.91 Å². The first kappa shape index (κ1) is 16.2. The molecule has 1 atom stereocenters. The smallest absolute Gasteiger partial charge is 0.251 e. The van der Waals surface area contributed by atoms with Gasteiger partial charge in [0, 0.05) is 24.8 Å². The van der Waals surface area contributed by atoms with Gasteiger partial charge in [0.05, 0.1) is 6.04 Å². The molecule has 5 heteroatoms. The molecule has 1 aliphatic rings. The van der Waals surface area contributed by atoms with Gasteiger partial charge in [-0.2, -0.15) is 0 Å². The summed E-state index contributed by atoms with van der Waals surface area (Å²) in [6.45, 7) is 2.52. The fraction of sp³-hybridized carbons (Fsp3) is 0.263. The fourth-order valence-corrected chi connectivity index (χ4v) is 3.01. The van der Waals surface area contributed by atoms with Crippen molar-refractivity contribution in [3.63, 3.8) is 0 Å². The first-order chi connectivity index (χ1) is 11.6. The van der Waals surface area contributed by atoms with Gasteiger partial charge in [-0.1, -0.05) is 30.3 Å². The third-order valence-corrected chi connectivity index (χ3v) is 4.46. The highest BCUT2D eigenvalue weighted by molar-refractivity contribution is 6.00. The van der Waals surface area contributed by atoms with Crippen LogP contribution in [0.15, 0.2) is 42.5 Å². The van der Waals surface area contributed by atoms with Crippen LogP contribution in [0.2, 0.25) is 0 Å². The summed E-state index contributed by atoms with van der Waals surface area (Å²) in [6.07, 6.45) is 0.663.